The minimum atomic E-state index is -0.473. The van der Waals surface area contributed by atoms with E-state index in [4.69, 9.17) is 20.9 Å². The van der Waals surface area contributed by atoms with Gasteiger partial charge in [-0.1, -0.05) is 164 Å². The molecule has 10 aromatic rings. The second-order valence-electron chi connectivity index (χ2n) is 12.4. The van der Waals surface area contributed by atoms with Gasteiger partial charge in [0.2, 0.25) is 0 Å². The largest absolute Gasteiger partial charge is 0.309 e. The SMILES string of the molecule is [2H]c1c([2H])c([2H])c2c(c1[2H])c1c([2H])c([2H])c([2H])c([2H])c1n2-c1ccc(-c2ccc(-c3cc(-c4ccccc4)nc(-c4ccccc4)n3)c3ccccc23)c2ccccc12. The summed E-state index contributed by atoms with van der Waals surface area (Å²) < 4.78 is 71.5. The van der Waals surface area contributed by atoms with Gasteiger partial charge in [-0.25, -0.2) is 9.97 Å². The van der Waals surface area contributed by atoms with Gasteiger partial charge in [0.05, 0.1) is 39.1 Å². The van der Waals surface area contributed by atoms with Gasteiger partial charge in [0.15, 0.2) is 5.82 Å². The van der Waals surface area contributed by atoms with Crippen molar-refractivity contribution in [3.63, 3.8) is 0 Å². The van der Waals surface area contributed by atoms with Gasteiger partial charge in [-0.2, -0.15) is 0 Å². The van der Waals surface area contributed by atoms with Crippen molar-refractivity contribution >= 4 is 43.4 Å². The van der Waals surface area contributed by atoms with Crippen LogP contribution in [0.15, 0.2) is 188 Å². The first-order valence-corrected chi connectivity index (χ1v) is 16.7. The van der Waals surface area contributed by atoms with Crippen LogP contribution in [0.2, 0.25) is 0 Å². The second-order valence-corrected chi connectivity index (χ2v) is 12.4. The first-order valence-electron chi connectivity index (χ1n) is 20.7. The van der Waals surface area contributed by atoms with E-state index in [2.05, 4.69) is 24.3 Å². The minimum Gasteiger partial charge on any atom is -0.309 e. The Balaban J connectivity index is 1.22. The highest BCUT2D eigenvalue weighted by Crippen LogP contribution is 2.42. The van der Waals surface area contributed by atoms with E-state index in [0.717, 1.165) is 60.8 Å². The summed E-state index contributed by atoms with van der Waals surface area (Å²) >= 11 is 0. The van der Waals surface area contributed by atoms with Gasteiger partial charge in [-0.3, -0.25) is 0 Å². The van der Waals surface area contributed by atoms with E-state index in [1.807, 2.05) is 115 Å². The third-order valence-electron chi connectivity index (χ3n) is 9.49. The van der Waals surface area contributed by atoms with Crippen LogP contribution in [0.4, 0.5) is 0 Å². The molecule has 2 heterocycles. The molecule has 238 valence electrons. The molecule has 0 amide bonds. The summed E-state index contributed by atoms with van der Waals surface area (Å²) in [5.41, 5.74) is 6.97. The van der Waals surface area contributed by atoms with Crippen LogP contribution in [0, 0.1) is 0 Å². The third-order valence-corrected chi connectivity index (χ3v) is 9.49. The molecule has 2 aromatic heterocycles. The number of hydrogen-bond acceptors (Lipinski definition) is 2. The predicted octanol–water partition coefficient (Wildman–Crippen LogP) is 12.5. The van der Waals surface area contributed by atoms with Gasteiger partial charge < -0.3 is 4.57 Å². The Bertz CT molecular complexity index is 3230. The molecule has 0 saturated heterocycles. The fourth-order valence-electron chi connectivity index (χ4n) is 7.19. The van der Waals surface area contributed by atoms with E-state index in [1.165, 1.54) is 0 Å². The van der Waals surface area contributed by atoms with Crippen molar-refractivity contribution in [2.75, 3.05) is 0 Å². The second kappa shape index (κ2) is 11.9. The molecule has 0 aliphatic heterocycles. The normalized spacial score (nSPS) is 13.7. The van der Waals surface area contributed by atoms with Crippen molar-refractivity contribution in [3.8, 4) is 50.7 Å². The summed E-state index contributed by atoms with van der Waals surface area (Å²) in [6, 6.07) is 42.8. The molecule has 0 spiro atoms. The van der Waals surface area contributed by atoms with Crippen LogP contribution in [0.3, 0.4) is 0 Å². The molecule has 0 unspecified atom stereocenters. The first kappa shape index (κ1) is 22.0. The molecule has 0 radical (unpaired) electrons. The molecular formula is C48H31N3. The van der Waals surface area contributed by atoms with Crippen molar-refractivity contribution in [1.82, 2.24) is 14.5 Å². The van der Waals surface area contributed by atoms with Crippen LogP contribution < -0.4 is 0 Å². The smallest absolute Gasteiger partial charge is 0.160 e. The van der Waals surface area contributed by atoms with E-state index in [-0.39, 0.29) is 46.0 Å². The van der Waals surface area contributed by atoms with Gasteiger partial charge in [0.25, 0.3) is 0 Å². The Labute approximate surface area is 307 Å². The molecule has 0 atom stereocenters. The molecule has 51 heavy (non-hydrogen) atoms. The highest BCUT2D eigenvalue weighted by Gasteiger charge is 2.18. The van der Waals surface area contributed by atoms with Crippen molar-refractivity contribution in [1.29, 1.82) is 0 Å². The van der Waals surface area contributed by atoms with Crippen LogP contribution in [0.5, 0.6) is 0 Å². The highest BCUT2D eigenvalue weighted by molar-refractivity contribution is 6.13. The summed E-state index contributed by atoms with van der Waals surface area (Å²) in [5.74, 6) is 0.622. The Morgan fingerprint density at radius 1 is 0.392 bits per heavy atom. The number of rotatable bonds is 5. The lowest BCUT2D eigenvalue weighted by molar-refractivity contribution is 1.18. The topological polar surface area (TPSA) is 30.7 Å². The lowest BCUT2D eigenvalue weighted by Crippen LogP contribution is -1.97. The average molecular weight is 658 g/mol. The third kappa shape index (κ3) is 4.82. The van der Waals surface area contributed by atoms with Gasteiger partial charge >= 0.3 is 0 Å². The van der Waals surface area contributed by atoms with Gasteiger partial charge in [0, 0.05) is 32.8 Å². The van der Waals surface area contributed by atoms with Gasteiger partial charge in [0.1, 0.15) is 0 Å². The predicted molar refractivity (Wildman–Crippen MR) is 213 cm³/mol. The van der Waals surface area contributed by atoms with E-state index in [0.29, 0.717) is 11.5 Å². The number of hydrogen-bond donors (Lipinski definition) is 0. The fraction of sp³-hybridized carbons (Fsp3) is 0. The quantitative estimate of drug-likeness (QED) is 0.184. The van der Waals surface area contributed by atoms with Crippen molar-refractivity contribution in [2.24, 2.45) is 0 Å². The van der Waals surface area contributed by atoms with Crippen molar-refractivity contribution in [3.05, 3.63) is 188 Å². The highest BCUT2D eigenvalue weighted by atomic mass is 15.0. The molecule has 3 nitrogen and oxygen atoms in total. The molecule has 0 aliphatic carbocycles. The summed E-state index contributed by atoms with van der Waals surface area (Å²) in [6.07, 6.45) is 0. The Morgan fingerprint density at radius 3 is 1.51 bits per heavy atom. The summed E-state index contributed by atoms with van der Waals surface area (Å²) in [5, 5.41) is 3.65. The molecule has 0 N–H and O–H groups in total. The van der Waals surface area contributed by atoms with Crippen LogP contribution >= 0.6 is 0 Å². The Hall–Kier alpha value is -6.84. The van der Waals surface area contributed by atoms with Crippen LogP contribution in [-0.2, 0) is 0 Å². The fourth-order valence-corrected chi connectivity index (χ4v) is 7.19. The summed E-state index contributed by atoms with van der Waals surface area (Å²) in [7, 11) is 0. The number of para-hydroxylation sites is 2. The van der Waals surface area contributed by atoms with Gasteiger partial charge in [-0.05, 0) is 51.5 Å². The maximum absolute atomic E-state index is 9.05. The Morgan fingerprint density at radius 2 is 0.863 bits per heavy atom. The maximum Gasteiger partial charge on any atom is 0.160 e. The molecule has 10 rings (SSSR count). The monoisotopic (exact) mass is 657 g/mol. The molecule has 0 bridgehead atoms. The van der Waals surface area contributed by atoms with Crippen LogP contribution in [0.25, 0.3) is 94.1 Å². The zero-order valence-electron chi connectivity index (χ0n) is 35.1. The van der Waals surface area contributed by atoms with Crippen LogP contribution in [0.1, 0.15) is 11.0 Å². The average Bonchev–Trinajstić information content (AvgIpc) is 3.65. The van der Waals surface area contributed by atoms with Crippen molar-refractivity contribution < 1.29 is 11.0 Å². The summed E-state index contributed by atoms with van der Waals surface area (Å²) in [4.78, 5) is 10.1. The maximum atomic E-state index is 9.05. The number of nitrogens with zero attached hydrogens (tertiary/aromatic N) is 3. The number of aromatic nitrogens is 3. The van der Waals surface area contributed by atoms with Crippen LogP contribution in [-0.4, -0.2) is 14.5 Å². The standard InChI is InChI=1S/C48H31N3/c1-3-15-32(16-4-1)43-31-44(50-48(49-43)33-17-5-2-6-18-33)39-28-27-37(34-19-7-8-20-35(34)39)38-29-30-47(40-22-10-9-21-36(38)40)51-45-25-13-11-23-41(45)42-24-12-14-26-46(42)51/h1-31H/i11D,12D,13D,14D,23D,24D,25D,26D. The molecule has 0 aliphatic rings. The van der Waals surface area contributed by atoms with Crippen molar-refractivity contribution in [2.45, 2.75) is 0 Å². The molecule has 0 saturated carbocycles. The first-order chi connectivity index (χ1) is 28.6. The van der Waals surface area contributed by atoms with E-state index in [9.17, 15) is 0 Å². The molecular weight excluding hydrogens is 619 g/mol. The molecule has 0 fully saturated rings. The van der Waals surface area contributed by atoms with E-state index in [1.54, 1.807) is 4.57 Å². The Kier molecular flexibility index (Phi) is 5.15. The molecule has 3 heteroatoms. The van der Waals surface area contributed by atoms with E-state index < -0.39 is 24.2 Å². The zero-order valence-corrected chi connectivity index (χ0v) is 27.1. The number of fused-ring (bicyclic) bond motifs is 5. The number of benzene rings is 8. The van der Waals surface area contributed by atoms with Gasteiger partial charge in [-0.15, -0.1) is 0 Å². The molecule has 8 aromatic carbocycles. The minimum absolute atomic E-state index is 0.0447. The van der Waals surface area contributed by atoms with E-state index >= 15 is 0 Å². The summed E-state index contributed by atoms with van der Waals surface area (Å²) in [6.45, 7) is 0. The lowest BCUT2D eigenvalue weighted by Gasteiger charge is -2.17. The zero-order chi connectivity index (χ0) is 40.7. The lowest BCUT2D eigenvalue weighted by atomic mass is 9.90.